The molecule has 2 atom stereocenters. The van der Waals surface area contributed by atoms with Gasteiger partial charge in [-0.25, -0.2) is 4.79 Å². The van der Waals surface area contributed by atoms with Gasteiger partial charge in [-0.15, -0.1) is 0 Å². The highest BCUT2D eigenvalue weighted by molar-refractivity contribution is 5.79. The second kappa shape index (κ2) is 8.31. The first kappa shape index (κ1) is 23.0. The molecule has 1 amide bonds. The van der Waals surface area contributed by atoms with Gasteiger partial charge in [-0.1, -0.05) is 48.5 Å². The van der Waals surface area contributed by atoms with Crippen molar-refractivity contribution < 1.29 is 41.4 Å². The third-order valence-corrected chi connectivity index (χ3v) is 6.28. The fraction of sp³-hybridized carbons (Fsp3) is 0.391. The summed E-state index contributed by atoms with van der Waals surface area (Å²) < 4.78 is 71.9. The standard InChI is InChI=1S/C23H20F5NO4/c24-22(25,23(26,27)28)14-9-13(20(30)31)10-29(11-14)21(32)33-12-19-17-7-3-1-5-15(17)16-6-2-4-8-18(16)19/h1-8,13-14,19H,9-12H2,(H,30,31). The summed E-state index contributed by atoms with van der Waals surface area (Å²) >= 11 is 0. The molecular formula is C23H20F5NO4. The van der Waals surface area contributed by atoms with E-state index in [9.17, 15) is 36.6 Å². The number of carboxylic acids is 1. The topological polar surface area (TPSA) is 66.8 Å². The number of piperidine rings is 1. The number of amides is 1. The minimum atomic E-state index is -5.86. The van der Waals surface area contributed by atoms with E-state index in [2.05, 4.69) is 0 Å². The van der Waals surface area contributed by atoms with E-state index in [1.165, 1.54) is 0 Å². The van der Waals surface area contributed by atoms with Gasteiger partial charge in [-0.3, -0.25) is 4.79 Å². The van der Waals surface area contributed by atoms with Crippen LogP contribution >= 0.6 is 0 Å². The molecule has 4 rings (SSSR count). The zero-order chi connectivity index (χ0) is 24.0. The predicted molar refractivity (Wildman–Crippen MR) is 107 cm³/mol. The van der Waals surface area contributed by atoms with Crippen molar-refractivity contribution in [1.82, 2.24) is 4.90 Å². The Morgan fingerprint density at radius 2 is 1.48 bits per heavy atom. The number of fused-ring (bicyclic) bond motifs is 3. The first-order valence-corrected chi connectivity index (χ1v) is 10.3. The molecule has 2 aliphatic rings. The van der Waals surface area contributed by atoms with Crippen molar-refractivity contribution in [2.45, 2.75) is 24.4 Å². The molecule has 1 N–H and O–H groups in total. The van der Waals surface area contributed by atoms with Crippen LogP contribution in [-0.4, -0.2) is 53.9 Å². The first-order valence-electron chi connectivity index (χ1n) is 10.3. The van der Waals surface area contributed by atoms with Gasteiger partial charge in [0.05, 0.1) is 11.8 Å². The number of likely N-dealkylation sites (tertiary alicyclic amines) is 1. The van der Waals surface area contributed by atoms with Crippen LogP contribution in [0.1, 0.15) is 23.5 Å². The van der Waals surface area contributed by atoms with E-state index in [-0.39, 0.29) is 12.5 Å². The van der Waals surface area contributed by atoms with Crippen molar-refractivity contribution in [3.05, 3.63) is 59.7 Å². The Bertz CT molecular complexity index is 1030. The molecule has 1 aliphatic heterocycles. The van der Waals surface area contributed by atoms with Crippen LogP contribution < -0.4 is 0 Å². The molecule has 1 fully saturated rings. The number of nitrogens with zero attached hydrogens (tertiary/aromatic N) is 1. The minimum Gasteiger partial charge on any atom is -0.481 e. The highest BCUT2D eigenvalue weighted by Gasteiger charge is 2.63. The molecule has 1 heterocycles. The molecule has 0 bridgehead atoms. The summed E-state index contributed by atoms with van der Waals surface area (Å²) in [6, 6.07) is 15.0. The van der Waals surface area contributed by atoms with Gasteiger partial charge in [-0.05, 0) is 28.7 Å². The monoisotopic (exact) mass is 469 g/mol. The van der Waals surface area contributed by atoms with Crippen LogP contribution in [0, 0.1) is 11.8 Å². The number of carbonyl (C=O) groups excluding carboxylic acids is 1. The molecule has 0 aromatic heterocycles. The van der Waals surface area contributed by atoms with E-state index < -0.39 is 55.5 Å². The van der Waals surface area contributed by atoms with Crippen LogP contribution in [0.15, 0.2) is 48.5 Å². The normalized spacial score (nSPS) is 20.8. The highest BCUT2D eigenvalue weighted by atomic mass is 19.4. The molecule has 1 saturated heterocycles. The summed E-state index contributed by atoms with van der Waals surface area (Å²) in [4.78, 5) is 24.7. The Morgan fingerprint density at radius 3 is 2.00 bits per heavy atom. The van der Waals surface area contributed by atoms with E-state index in [4.69, 9.17) is 4.74 Å². The number of hydrogen-bond donors (Lipinski definition) is 1. The lowest BCUT2D eigenvalue weighted by Gasteiger charge is -2.39. The van der Waals surface area contributed by atoms with Crippen LogP contribution in [0.3, 0.4) is 0 Å². The lowest BCUT2D eigenvalue weighted by atomic mass is 9.85. The van der Waals surface area contributed by atoms with Crippen LogP contribution in [-0.2, 0) is 9.53 Å². The summed E-state index contributed by atoms with van der Waals surface area (Å²) in [5, 5.41) is 9.24. The van der Waals surface area contributed by atoms with Gasteiger partial charge in [0.25, 0.3) is 0 Å². The minimum absolute atomic E-state index is 0.165. The highest BCUT2D eigenvalue weighted by Crippen LogP contribution is 2.46. The maximum atomic E-state index is 14.0. The average molecular weight is 469 g/mol. The van der Waals surface area contributed by atoms with Gasteiger partial charge < -0.3 is 14.7 Å². The second-order valence-electron chi connectivity index (χ2n) is 8.30. The predicted octanol–water partition coefficient (Wildman–Crippen LogP) is 5.16. The van der Waals surface area contributed by atoms with Crippen LogP contribution in [0.25, 0.3) is 11.1 Å². The molecule has 2 aromatic carbocycles. The maximum absolute atomic E-state index is 14.0. The van der Waals surface area contributed by atoms with E-state index in [1.807, 2.05) is 48.5 Å². The number of hydrogen-bond acceptors (Lipinski definition) is 3. The smallest absolute Gasteiger partial charge is 0.453 e. The van der Waals surface area contributed by atoms with Crippen molar-refractivity contribution in [2.75, 3.05) is 19.7 Å². The molecule has 2 aromatic rings. The quantitative estimate of drug-likeness (QED) is 0.629. The van der Waals surface area contributed by atoms with Gasteiger partial charge >= 0.3 is 24.2 Å². The van der Waals surface area contributed by atoms with Crippen molar-refractivity contribution in [1.29, 1.82) is 0 Å². The van der Waals surface area contributed by atoms with Crippen molar-refractivity contribution >= 4 is 12.1 Å². The Balaban J connectivity index is 1.52. The number of ether oxygens (including phenoxy) is 1. The molecule has 1 aliphatic carbocycles. The Hall–Kier alpha value is -3.17. The number of carboxylic acid groups (broad SMARTS) is 1. The average Bonchev–Trinajstić information content (AvgIpc) is 3.10. The Labute approximate surface area is 185 Å². The maximum Gasteiger partial charge on any atom is 0.453 e. The zero-order valence-corrected chi connectivity index (χ0v) is 17.2. The fourth-order valence-electron chi connectivity index (χ4n) is 4.61. The van der Waals surface area contributed by atoms with E-state index in [0.717, 1.165) is 22.3 Å². The molecule has 5 nitrogen and oxygen atoms in total. The van der Waals surface area contributed by atoms with Crippen molar-refractivity contribution in [2.24, 2.45) is 11.8 Å². The number of aliphatic carboxylic acids is 1. The van der Waals surface area contributed by atoms with Gasteiger partial charge in [0, 0.05) is 19.0 Å². The molecule has 2 unspecified atom stereocenters. The summed E-state index contributed by atoms with van der Waals surface area (Å²) in [5.74, 6) is -11.0. The third-order valence-electron chi connectivity index (χ3n) is 6.28. The molecule has 176 valence electrons. The van der Waals surface area contributed by atoms with Crippen LogP contribution in [0.5, 0.6) is 0 Å². The number of rotatable bonds is 4. The van der Waals surface area contributed by atoms with Gasteiger partial charge in [0.15, 0.2) is 0 Å². The lowest BCUT2D eigenvalue weighted by Crippen LogP contribution is -2.55. The Kier molecular flexibility index (Phi) is 5.79. The number of alkyl halides is 5. The van der Waals surface area contributed by atoms with E-state index in [0.29, 0.717) is 4.90 Å². The van der Waals surface area contributed by atoms with Gasteiger partial charge in [-0.2, -0.15) is 22.0 Å². The number of halogens is 5. The first-order chi connectivity index (χ1) is 15.5. The molecule has 0 spiro atoms. The van der Waals surface area contributed by atoms with Crippen molar-refractivity contribution in [3.63, 3.8) is 0 Å². The molecular weight excluding hydrogens is 449 g/mol. The molecule has 10 heteroatoms. The largest absolute Gasteiger partial charge is 0.481 e. The molecule has 0 radical (unpaired) electrons. The van der Waals surface area contributed by atoms with Crippen LogP contribution in [0.2, 0.25) is 0 Å². The van der Waals surface area contributed by atoms with Crippen LogP contribution in [0.4, 0.5) is 26.7 Å². The zero-order valence-electron chi connectivity index (χ0n) is 17.2. The van der Waals surface area contributed by atoms with Gasteiger partial charge in [0.2, 0.25) is 0 Å². The molecule has 33 heavy (non-hydrogen) atoms. The lowest BCUT2D eigenvalue weighted by molar-refractivity contribution is -0.307. The fourth-order valence-corrected chi connectivity index (χ4v) is 4.61. The number of carbonyl (C=O) groups is 2. The summed E-state index contributed by atoms with van der Waals surface area (Å²) in [6.07, 6.45) is -7.87. The summed E-state index contributed by atoms with van der Waals surface area (Å²) in [7, 11) is 0. The second-order valence-corrected chi connectivity index (χ2v) is 8.30. The van der Waals surface area contributed by atoms with E-state index in [1.54, 1.807) is 0 Å². The SMILES string of the molecule is O=C(O)C1CC(C(F)(F)C(F)(F)F)CN(C(=O)OCC2c3ccccc3-c3ccccc32)C1. The van der Waals surface area contributed by atoms with Gasteiger partial charge in [0.1, 0.15) is 6.61 Å². The molecule has 0 saturated carbocycles. The number of benzene rings is 2. The Morgan fingerprint density at radius 1 is 0.939 bits per heavy atom. The summed E-state index contributed by atoms with van der Waals surface area (Å²) in [6.45, 7) is -1.62. The summed E-state index contributed by atoms with van der Waals surface area (Å²) in [5.41, 5.74) is 3.72. The third kappa shape index (κ3) is 4.14. The van der Waals surface area contributed by atoms with Crippen molar-refractivity contribution in [3.8, 4) is 11.1 Å². The van der Waals surface area contributed by atoms with E-state index >= 15 is 0 Å².